The van der Waals surface area contributed by atoms with Gasteiger partial charge in [0.25, 0.3) is 11.5 Å². The summed E-state index contributed by atoms with van der Waals surface area (Å²) in [7, 11) is 0. The summed E-state index contributed by atoms with van der Waals surface area (Å²) in [5.41, 5.74) is 4.91. The van der Waals surface area contributed by atoms with Crippen molar-refractivity contribution < 1.29 is 4.79 Å². The van der Waals surface area contributed by atoms with Gasteiger partial charge in [-0.25, -0.2) is 4.68 Å². The van der Waals surface area contributed by atoms with Gasteiger partial charge < -0.3 is 5.32 Å². The number of carbonyl (C=O) groups is 1. The predicted octanol–water partition coefficient (Wildman–Crippen LogP) is 0.856. The number of nitrogens with one attached hydrogen (secondary N) is 3. The fraction of sp³-hybridized carbons (Fsp3) is 0.333. The van der Waals surface area contributed by atoms with Gasteiger partial charge in [-0.3, -0.25) is 20.4 Å². The van der Waals surface area contributed by atoms with Crippen LogP contribution < -0.4 is 21.7 Å². The smallest absolute Gasteiger partial charge is 0.275 e. The molecule has 0 unspecified atom stereocenters. The SMILES string of the molecule is O=C(Cn1ncc2ccccc2c1=O)NNC(=S)N[C@H]1C[C@@H]2C=C[C@H]1C2. The molecule has 2 aliphatic carbocycles. The van der Waals surface area contributed by atoms with Gasteiger partial charge in [0, 0.05) is 11.4 Å². The van der Waals surface area contributed by atoms with Crippen LogP contribution >= 0.6 is 12.2 Å². The van der Waals surface area contributed by atoms with Crippen LogP contribution in [0.3, 0.4) is 0 Å². The predicted molar refractivity (Wildman–Crippen MR) is 102 cm³/mol. The molecule has 2 bridgehead atoms. The number of hydrogen-bond acceptors (Lipinski definition) is 4. The monoisotopic (exact) mass is 369 g/mol. The minimum Gasteiger partial charge on any atom is -0.358 e. The van der Waals surface area contributed by atoms with Crippen LogP contribution in [0.5, 0.6) is 0 Å². The van der Waals surface area contributed by atoms with Crippen LogP contribution in [-0.4, -0.2) is 26.8 Å². The molecule has 1 fully saturated rings. The Morgan fingerprint density at radius 3 is 2.85 bits per heavy atom. The van der Waals surface area contributed by atoms with Gasteiger partial charge in [-0.2, -0.15) is 5.10 Å². The van der Waals surface area contributed by atoms with Gasteiger partial charge in [0.05, 0.1) is 11.6 Å². The Kier molecular flexibility index (Phi) is 4.42. The van der Waals surface area contributed by atoms with Crippen molar-refractivity contribution in [3.8, 4) is 0 Å². The Morgan fingerprint density at radius 1 is 1.23 bits per heavy atom. The van der Waals surface area contributed by atoms with Crippen molar-refractivity contribution in [1.82, 2.24) is 25.9 Å². The molecule has 7 nitrogen and oxygen atoms in total. The van der Waals surface area contributed by atoms with E-state index in [0.717, 1.165) is 16.5 Å². The van der Waals surface area contributed by atoms with Gasteiger partial charge in [-0.05, 0) is 43.0 Å². The fourth-order valence-corrected chi connectivity index (χ4v) is 3.90. The third-order valence-corrected chi connectivity index (χ3v) is 5.19. The van der Waals surface area contributed by atoms with E-state index in [1.54, 1.807) is 18.3 Å². The summed E-state index contributed by atoms with van der Waals surface area (Å²) in [5.74, 6) is 0.753. The van der Waals surface area contributed by atoms with Crippen molar-refractivity contribution in [1.29, 1.82) is 0 Å². The number of fused-ring (bicyclic) bond motifs is 3. The normalized spacial score (nSPS) is 23.2. The van der Waals surface area contributed by atoms with Gasteiger partial charge in [-0.1, -0.05) is 30.4 Å². The minimum atomic E-state index is -0.396. The van der Waals surface area contributed by atoms with Crippen LogP contribution in [0.4, 0.5) is 0 Å². The third-order valence-electron chi connectivity index (χ3n) is 4.97. The maximum Gasteiger partial charge on any atom is 0.275 e. The molecular formula is C18H19N5O2S. The van der Waals surface area contributed by atoms with E-state index >= 15 is 0 Å². The Balaban J connectivity index is 1.31. The number of hydrazine groups is 1. The van der Waals surface area contributed by atoms with Gasteiger partial charge in [0.1, 0.15) is 6.54 Å². The molecule has 4 rings (SSSR count). The van der Waals surface area contributed by atoms with E-state index in [2.05, 4.69) is 33.4 Å². The summed E-state index contributed by atoms with van der Waals surface area (Å²) >= 11 is 5.23. The molecule has 0 radical (unpaired) electrons. The molecule has 1 heterocycles. The summed E-state index contributed by atoms with van der Waals surface area (Å²) in [6, 6.07) is 7.46. The number of benzene rings is 1. The summed E-state index contributed by atoms with van der Waals surface area (Å²) in [5, 5.41) is 8.94. The highest BCUT2D eigenvalue weighted by Crippen LogP contribution is 2.38. The first-order chi connectivity index (χ1) is 12.6. The topological polar surface area (TPSA) is 88.0 Å². The molecule has 2 aliphatic rings. The molecular weight excluding hydrogens is 350 g/mol. The average Bonchev–Trinajstić information content (AvgIpc) is 3.26. The Hall–Kier alpha value is -2.74. The Morgan fingerprint density at radius 2 is 2.08 bits per heavy atom. The number of nitrogens with zero attached hydrogens (tertiary/aromatic N) is 2. The van der Waals surface area contributed by atoms with Crippen LogP contribution in [0.2, 0.25) is 0 Å². The number of thiocarbonyl (C=S) groups is 1. The summed E-state index contributed by atoms with van der Waals surface area (Å²) in [6.45, 7) is -0.184. The van der Waals surface area contributed by atoms with Crippen molar-refractivity contribution >= 4 is 34.0 Å². The van der Waals surface area contributed by atoms with Crippen LogP contribution in [-0.2, 0) is 11.3 Å². The minimum absolute atomic E-state index is 0.184. The van der Waals surface area contributed by atoms with E-state index in [0.29, 0.717) is 28.4 Å². The number of hydrogen-bond donors (Lipinski definition) is 3. The summed E-state index contributed by atoms with van der Waals surface area (Å²) in [6.07, 6.45) is 8.29. The zero-order valence-corrected chi connectivity index (χ0v) is 14.8. The molecule has 1 aromatic heterocycles. The summed E-state index contributed by atoms with van der Waals surface area (Å²) < 4.78 is 1.14. The van der Waals surface area contributed by atoms with E-state index in [9.17, 15) is 9.59 Å². The zero-order chi connectivity index (χ0) is 18.1. The second-order valence-electron chi connectivity index (χ2n) is 6.73. The Labute approximate surface area is 155 Å². The second kappa shape index (κ2) is 6.87. The highest BCUT2D eigenvalue weighted by atomic mass is 32.1. The van der Waals surface area contributed by atoms with Gasteiger partial charge in [0.2, 0.25) is 0 Å². The van der Waals surface area contributed by atoms with E-state index in [1.807, 2.05) is 12.1 Å². The van der Waals surface area contributed by atoms with Crippen molar-refractivity contribution in [2.75, 3.05) is 0 Å². The molecule has 0 spiro atoms. The first kappa shape index (κ1) is 16.7. The number of allylic oxidation sites excluding steroid dienone is 1. The quantitative estimate of drug-likeness (QED) is 0.423. The van der Waals surface area contributed by atoms with Crippen molar-refractivity contribution in [2.45, 2.75) is 25.4 Å². The van der Waals surface area contributed by atoms with Crippen molar-refractivity contribution in [3.05, 3.63) is 53.0 Å². The van der Waals surface area contributed by atoms with Crippen LogP contribution in [0.25, 0.3) is 10.8 Å². The lowest BCUT2D eigenvalue weighted by Gasteiger charge is -2.22. The standard InChI is InChI=1S/C18H19N5O2S/c24-16(10-23-17(25)14-4-2-1-3-13(14)9-19-23)21-22-18(26)20-15-8-11-5-6-12(15)7-11/h1-6,9,11-12,15H,7-8,10H2,(H,21,24)(H2,20,22,26)/t11-,12+,15+/m1/s1. The maximum atomic E-state index is 12.4. The fourth-order valence-electron chi connectivity index (χ4n) is 3.69. The number of amides is 1. The highest BCUT2D eigenvalue weighted by Gasteiger charge is 2.35. The molecule has 1 aromatic carbocycles. The summed E-state index contributed by atoms with van der Waals surface area (Å²) in [4.78, 5) is 24.5. The van der Waals surface area contributed by atoms with Gasteiger partial charge in [0.15, 0.2) is 5.11 Å². The zero-order valence-electron chi connectivity index (χ0n) is 14.0. The van der Waals surface area contributed by atoms with Crippen LogP contribution in [0.1, 0.15) is 12.8 Å². The molecule has 2 aromatic rings. The number of carbonyl (C=O) groups excluding carboxylic acids is 1. The van der Waals surface area contributed by atoms with Gasteiger partial charge in [-0.15, -0.1) is 0 Å². The number of aromatic nitrogens is 2. The van der Waals surface area contributed by atoms with E-state index < -0.39 is 5.91 Å². The lowest BCUT2D eigenvalue weighted by atomic mass is 10.0. The molecule has 8 heteroatoms. The second-order valence-corrected chi connectivity index (χ2v) is 7.14. The molecule has 3 atom stereocenters. The molecule has 26 heavy (non-hydrogen) atoms. The highest BCUT2D eigenvalue weighted by molar-refractivity contribution is 7.80. The number of rotatable bonds is 3. The first-order valence-electron chi connectivity index (χ1n) is 8.58. The third kappa shape index (κ3) is 3.32. The molecule has 1 amide bonds. The van der Waals surface area contributed by atoms with Crippen molar-refractivity contribution in [3.63, 3.8) is 0 Å². The van der Waals surface area contributed by atoms with E-state index in [1.165, 1.54) is 6.42 Å². The lowest BCUT2D eigenvalue weighted by Crippen LogP contribution is -2.51. The van der Waals surface area contributed by atoms with Crippen LogP contribution in [0, 0.1) is 11.8 Å². The molecule has 134 valence electrons. The van der Waals surface area contributed by atoms with Crippen molar-refractivity contribution in [2.24, 2.45) is 11.8 Å². The van der Waals surface area contributed by atoms with Gasteiger partial charge >= 0.3 is 0 Å². The van der Waals surface area contributed by atoms with E-state index in [-0.39, 0.29) is 12.1 Å². The largest absolute Gasteiger partial charge is 0.358 e. The van der Waals surface area contributed by atoms with E-state index in [4.69, 9.17) is 12.2 Å². The first-order valence-corrected chi connectivity index (χ1v) is 8.99. The lowest BCUT2D eigenvalue weighted by molar-refractivity contribution is -0.122. The maximum absolute atomic E-state index is 12.4. The molecule has 3 N–H and O–H groups in total. The Bertz CT molecular complexity index is 954. The molecule has 0 saturated heterocycles. The molecule has 1 saturated carbocycles. The average molecular weight is 369 g/mol. The van der Waals surface area contributed by atoms with Crippen LogP contribution in [0.15, 0.2) is 47.4 Å². The molecule has 0 aliphatic heterocycles.